The molecule has 2 aliphatic heterocycles. The van der Waals surface area contributed by atoms with Gasteiger partial charge in [0, 0.05) is 32.3 Å². The number of nitriles is 1. The predicted octanol–water partition coefficient (Wildman–Crippen LogP) is 3.67. The quantitative estimate of drug-likeness (QED) is 0.420. The highest BCUT2D eigenvalue weighted by atomic mass is 32.2. The Morgan fingerprint density at radius 2 is 1.94 bits per heavy atom. The minimum atomic E-state index is -0.246. The first-order chi connectivity index (χ1) is 15.4. The van der Waals surface area contributed by atoms with Crippen molar-refractivity contribution in [3.05, 3.63) is 31.9 Å². The van der Waals surface area contributed by atoms with Crippen LogP contribution in [0, 0.1) is 18.3 Å². The first-order valence-electron chi connectivity index (χ1n) is 11.1. The second-order valence-corrected chi connectivity index (χ2v) is 9.71. The van der Waals surface area contributed by atoms with Crippen LogP contribution < -0.4 is 10.5 Å². The molecule has 2 aliphatic rings. The fourth-order valence-electron chi connectivity index (χ4n) is 4.12. The van der Waals surface area contributed by atoms with E-state index in [1.165, 1.54) is 18.2 Å². The molecule has 1 aromatic rings. The third kappa shape index (κ3) is 4.92. The topological polar surface area (TPSA) is 78.6 Å². The number of rotatable bonds is 8. The van der Waals surface area contributed by atoms with E-state index in [-0.39, 0.29) is 17.0 Å². The summed E-state index contributed by atoms with van der Waals surface area (Å²) in [6.07, 6.45) is 6.88. The van der Waals surface area contributed by atoms with Crippen LogP contribution in [0.15, 0.2) is 9.70 Å². The van der Waals surface area contributed by atoms with E-state index in [1.54, 1.807) is 23.5 Å². The average Bonchev–Trinajstić information content (AvgIpc) is 3.06. The summed E-state index contributed by atoms with van der Waals surface area (Å²) in [5.41, 5.74) is 1.28. The highest BCUT2D eigenvalue weighted by molar-refractivity contribution is 8.26. The van der Waals surface area contributed by atoms with Crippen LogP contribution in [0.2, 0.25) is 0 Å². The van der Waals surface area contributed by atoms with E-state index < -0.39 is 0 Å². The number of hydrogen-bond donors (Lipinski definition) is 0. The molecule has 9 heteroatoms. The molecule has 2 saturated heterocycles. The van der Waals surface area contributed by atoms with Gasteiger partial charge in [0.15, 0.2) is 0 Å². The highest BCUT2D eigenvalue weighted by Gasteiger charge is 2.33. The molecule has 0 aromatic carbocycles. The van der Waals surface area contributed by atoms with Gasteiger partial charge in [-0.25, -0.2) is 0 Å². The molecule has 0 atom stereocenters. The Balaban J connectivity index is 2.18. The van der Waals surface area contributed by atoms with Gasteiger partial charge in [0.2, 0.25) is 0 Å². The molecule has 3 rings (SSSR count). The van der Waals surface area contributed by atoms with E-state index in [4.69, 9.17) is 17.0 Å². The van der Waals surface area contributed by atoms with E-state index in [9.17, 15) is 14.9 Å². The van der Waals surface area contributed by atoms with Gasteiger partial charge in [-0.2, -0.15) is 5.26 Å². The van der Waals surface area contributed by atoms with Crippen molar-refractivity contribution < 1.29 is 9.53 Å². The summed E-state index contributed by atoms with van der Waals surface area (Å²) < 4.78 is 7.35. The van der Waals surface area contributed by atoms with E-state index in [2.05, 4.69) is 17.9 Å². The van der Waals surface area contributed by atoms with Gasteiger partial charge in [-0.1, -0.05) is 37.3 Å². The number of anilines is 1. The predicted molar refractivity (Wildman–Crippen MR) is 133 cm³/mol. The Kier molecular flexibility index (Phi) is 8.51. The van der Waals surface area contributed by atoms with Crippen LogP contribution in [0.3, 0.4) is 0 Å². The maximum Gasteiger partial charge on any atom is 0.270 e. The van der Waals surface area contributed by atoms with E-state index >= 15 is 0 Å². The van der Waals surface area contributed by atoms with Crippen molar-refractivity contribution in [1.29, 1.82) is 5.26 Å². The van der Waals surface area contributed by atoms with E-state index in [1.807, 2.05) is 6.08 Å². The van der Waals surface area contributed by atoms with Crippen molar-refractivity contribution in [3.8, 4) is 6.07 Å². The van der Waals surface area contributed by atoms with Crippen molar-refractivity contribution in [2.45, 2.75) is 52.5 Å². The average molecular weight is 475 g/mol. The molecule has 3 heterocycles. The lowest BCUT2D eigenvalue weighted by molar-refractivity contribution is -0.122. The first kappa shape index (κ1) is 24.5. The van der Waals surface area contributed by atoms with Crippen LogP contribution in [0.4, 0.5) is 5.82 Å². The Morgan fingerprint density at radius 1 is 1.22 bits per heavy atom. The van der Waals surface area contributed by atoms with Crippen molar-refractivity contribution in [3.63, 3.8) is 0 Å². The lowest BCUT2D eigenvalue weighted by Gasteiger charge is -2.33. The second-order valence-electron chi connectivity index (χ2n) is 8.03. The van der Waals surface area contributed by atoms with Crippen molar-refractivity contribution in [2.24, 2.45) is 0 Å². The number of aromatic nitrogens is 1. The largest absolute Gasteiger partial charge is 0.383 e. The number of amides is 1. The second kappa shape index (κ2) is 11.1. The number of hydrogen-bond acceptors (Lipinski definition) is 7. The van der Waals surface area contributed by atoms with Crippen molar-refractivity contribution >= 4 is 46.1 Å². The van der Waals surface area contributed by atoms with E-state index in [0.29, 0.717) is 34.5 Å². The molecule has 0 bridgehead atoms. The fourth-order valence-corrected chi connectivity index (χ4v) is 5.41. The Morgan fingerprint density at radius 3 is 2.56 bits per heavy atom. The minimum absolute atomic E-state index is 0.142. The summed E-state index contributed by atoms with van der Waals surface area (Å²) in [5, 5.41) is 9.76. The van der Waals surface area contributed by atoms with Crippen LogP contribution in [-0.4, -0.2) is 53.0 Å². The summed E-state index contributed by atoms with van der Waals surface area (Å²) in [6, 6.07) is 2.11. The summed E-state index contributed by atoms with van der Waals surface area (Å²) in [6.45, 7) is 6.94. The third-order valence-electron chi connectivity index (χ3n) is 5.91. The molecule has 1 aromatic heterocycles. The lowest BCUT2D eigenvalue weighted by atomic mass is 10.0. The number of thiocarbonyl (C=S) groups is 1. The molecule has 0 spiro atoms. The van der Waals surface area contributed by atoms with Crippen LogP contribution in [0.5, 0.6) is 0 Å². The van der Waals surface area contributed by atoms with Gasteiger partial charge < -0.3 is 9.64 Å². The summed E-state index contributed by atoms with van der Waals surface area (Å²) >= 11 is 6.68. The number of nitrogens with zero attached hydrogens (tertiary/aromatic N) is 4. The number of unbranched alkanes of at least 4 members (excludes halogenated alkanes) is 1. The first-order valence-corrected chi connectivity index (χ1v) is 12.3. The molecule has 32 heavy (non-hydrogen) atoms. The standard InChI is InChI=1S/C23H30N4O3S2/c1-4-5-11-26-20(25-9-7-6-8-10-25)17(16(2)18(15-24)21(26)28)14-19-22(29)27(12-13-30-3)23(31)32-19/h14H,4-13H2,1-3H3/b19-14-. The number of piperidine rings is 1. The number of methoxy groups -OCH3 is 1. The fraction of sp³-hybridized carbons (Fsp3) is 0.565. The highest BCUT2D eigenvalue weighted by Crippen LogP contribution is 2.36. The molecular weight excluding hydrogens is 444 g/mol. The molecule has 0 saturated carbocycles. The minimum Gasteiger partial charge on any atom is -0.383 e. The SMILES string of the molecule is CCCCn1c(N2CCCCC2)c(/C=C2\SC(=S)N(CCOC)C2=O)c(C)c(C#N)c1=O. The zero-order valence-electron chi connectivity index (χ0n) is 19.0. The molecule has 0 unspecified atom stereocenters. The zero-order chi connectivity index (χ0) is 23.3. The Hall–Kier alpha value is -2.15. The van der Waals surface area contributed by atoms with E-state index in [0.717, 1.165) is 50.2 Å². The molecule has 2 fully saturated rings. The van der Waals surface area contributed by atoms with Gasteiger partial charge in [-0.15, -0.1) is 0 Å². The molecular formula is C23H30N4O3S2. The number of carbonyl (C=O) groups excluding carboxylic acids is 1. The third-order valence-corrected chi connectivity index (χ3v) is 7.28. The lowest BCUT2D eigenvalue weighted by Crippen LogP contribution is -2.37. The van der Waals surface area contributed by atoms with Crippen LogP contribution in [0.1, 0.15) is 55.7 Å². The number of thioether (sulfide) groups is 1. The summed E-state index contributed by atoms with van der Waals surface area (Å²) in [5.74, 6) is 0.660. The molecule has 0 aliphatic carbocycles. The number of ether oxygens (including phenoxy) is 1. The van der Waals surface area contributed by atoms with Crippen LogP contribution >= 0.6 is 24.0 Å². The van der Waals surface area contributed by atoms with Gasteiger partial charge in [0.1, 0.15) is 21.8 Å². The summed E-state index contributed by atoms with van der Waals surface area (Å²) in [7, 11) is 1.59. The monoisotopic (exact) mass is 474 g/mol. The maximum atomic E-state index is 13.2. The Labute approximate surface area is 199 Å². The molecule has 1 amide bonds. The van der Waals surface area contributed by atoms with Crippen LogP contribution in [0.25, 0.3) is 6.08 Å². The van der Waals surface area contributed by atoms with Gasteiger partial charge >= 0.3 is 0 Å². The molecule has 172 valence electrons. The smallest absolute Gasteiger partial charge is 0.270 e. The van der Waals surface area contributed by atoms with Gasteiger partial charge in [0.25, 0.3) is 11.5 Å². The Bertz CT molecular complexity index is 1020. The molecule has 0 radical (unpaired) electrons. The number of carbonyl (C=O) groups is 1. The van der Waals surface area contributed by atoms with Crippen molar-refractivity contribution in [2.75, 3.05) is 38.3 Å². The maximum absolute atomic E-state index is 13.2. The van der Waals surface area contributed by atoms with Gasteiger partial charge in [-0.3, -0.25) is 19.1 Å². The van der Waals surface area contributed by atoms with Crippen molar-refractivity contribution in [1.82, 2.24) is 9.47 Å². The van der Waals surface area contributed by atoms with Crippen LogP contribution in [-0.2, 0) is 16.1 Å². The van der Waals surface area contributed by atoms with Gasteiger partial charge in [-0.05, 0) is 44.2 Å². The number of pyridine rings is 1. The zero-order valence-corrected chi connectivity index (χ0v) is 20.6. The van der Waals surface area contributed by atoms with Gasteiger partial charge in [0.05, 0.1) is 18.1 Å². The normalized spacial score (nSPS) is 18.0. The molecule has 0 N–H and O–H groups in total. The molecule has 7 nitrogen and oxygen atoms in total. The summed E-state index contributed by atoms with van der Waals surface area (Å²) in [4.78, 5) is 30.6.